The number of para-hydroxylation sites is 1. The Kier molecular flexibility index (Phi) is 5.24. The zero-order valence-corrected chi connectivity index (χ0v) is 14.9. The highest BCUT2D eigenvalue weighted by Gasteiger charge is 2.33. The maximum atomic E-state index is 12.5. The number of H-pyrrole nitrogens is 1. The molecule has 1 aromatic heterocycles. The van der Waals surface area contributed by atoms with E-state index in [2.05, 4.69) is 35.4 Å². The van der Waals surface area contributed by atoms with Gasteiger partial charge in [0, 0.05) is 29.2 Å². The molecular weight excluding hydrogens is 298 g/mol. The maximum Gasteiger partial charge on any atom is 0.224 e. The van der Waals surface area contributed by atoms with Gasteiger partial charge < -0.3 is 15.2 Å². The summed E-state index contributed by atoms with van der Waals surface area (Å²) < 4.78 is 0. The minimum absolute atomic E-state index is 0.116. The van der Waals surface area contributed by atoms with Crippen molar-refractivity contribution in [3.05, 3.63) is 36.0 Å². The lowest BCUT2D eigenvalue weighted by molar-refractivity contribution is -0.121. The molecule has 0 radical (unpaired) electrons. The molecule has 130 valence electrons. The number of nitrogens with zero attached hydrogens (tertiary/aromatic N) is 1. The van der Waals surface area contributed by atoms with Crippen molar-refractivity contribution < 1.29 is 4.79 Å². The molecule has 1 aliphatic carbocycles. The molecular formula is C20H29N3O. The van der Waals surface area contributed by atoms with Crippen LogP contribution in [0.3, 0.4) is 0 Å². The van der Waals surface area contributed by atoms with Crippen molar-refractivity contribution in [3.8, 4) is 0 Å². The van der Waals surface area contributed by atoms with Gasteiger partial charge in [-0.2, -0.15) is 0 Å². The predicted octanol–water partition coefficient (Wildman–Crippen LogP) is 3.48. The number of hydrogen-bond acceptors (Lipinski definition) is 2. The Morgan fingerprint density at radius 1 is 1.17 bits per heavy atom. The van der Waals surface area contributed by atoms with Crippen molar-refractivity contribution in [2.45, 2.75) is 50.5 Å². The topological polar surface area (TPSA) is 48.1 Å². The summed E-state index contributed by atoms with van der Waals surface area (Å²) in [6, 6.07) is 8.14. The van der Waals surface area contributed by atoms with Crippen molar-refractivity contribution in [3.63, 3.8) is 0 Å². The summed E-state index contributed by atoms with van der Waals surface area (Å²) in [7, 11) is 4.30. The summed E-state index contributed by atoms with van der Waals surface area (Å²) in [5, 5.41) is 4.35. The molecule has 1 saturated carbocycles. The standard InChI is InChI=1S/C20H29N3O/c1-23(2)20(11-7-3-4-8-12-20)15-22-19(24)13-16-14-21-18-10-6-5-9-17(16)18/h5-6,9-10,14,21H,3-4,7-8,11-13,15H2,1-2H3,(H,22,24). The van der Waals surface area contributed by atoms with E-state index < -0.39 is 0 Å². The van der Waals surface area contributed by atoms with E-state index in [9.17, 15) is 4.79 Å². The lowest BCUT2D eigenvalue weighted by Gasteiger charge is -2.39. The van der Waals surface area contributed by atoms with Gasteiger partial charge in [0.15, 0.2) is 0 Å². The van der Waals surface area contributed by atoms with Gasteiger partial charge in [-0.15, -0.1) is 0 Å². The van der Waals surface area contributed by atoms with Gasteiger partial charge in [-0.1, -0.05) is 43.9 Å². The van der Waals surface area contributed by atoms with Crippen molar-refractivity contribution in [1.29, 1.82) is 0 Å². The Morgan fingerprint density at radius 3 is 2.58 bits per heavy atom. The van der Waals surface area contributed by atoms with Crippen LogP contribution in [-0.2, 0) is 11.2 Å². The molecule has 2 N–H and O–H groups in total. The third-order valence-electron chi connectivity index (χ3n) is 5.62. The Hall–Kier alpha value is -1.81. The fraction of sp³-hybridized carbons (Fsp3) is 0.550. The summed E-state index contributed by atoms with van der Waals surface area (Å²) >= 11 is 0. The molecule has 0 aliphatic heterocycles. The van der Waals surface area contributed by atoms with Gasteiger partial charge in [-0.05, 0) is 38.6 Å². The van der Waals surface area contributed by atoms with Crippen LogP contribution in [0.25, 0.3) is 10.9 Å². The molecule has 24 heavy (non-hydrogen) atoms. The highest BCUT2D eigenvalue weighted by atomic mass is 16.1. The molecule has 0 bridgehead atoms. The molecule has 0 atom stereocenters. The number of aromatic nitrogens is 1. The van der Waals surface area contributed by atoms with Gasteiger partial charge >= 0.3 is 0 Å². The van der Waals surface area contributed by atoms with E-state index in [1.807, 2.05) is 24.4 Å². The van der Waals surface area contributed by atoms with Crippen LogP contribution in [0, 0.1) is 0 Å². The number of carbonyl (C=O) groups is 1. The molecule has 4 heteroatoms. The van der Waals surface area contributed by atoms with Gasteiger partial charge in [-0.3, -0.25) is 4.79 Å². The van der Waals surface area contributed by atoms with Crippen LogP contribution in [0.2, 0.25) is 0 Å². The predicted molar refractivity (Wildman–Crippen MR) is 99.1 cm³/mol. The Balaban J connectivity index is 1.63. The van der Waals surface area contributed by atoms with Crippen molar-refractivity contribution in [2.75, 3.05) is 20.6 Å². The molecule has 3 rings (SSSR count). The molecule has 0 saturated heterocycles. The molecule has 1 heterocycles. The summed E-state index contributed by atoms with van der Waals surface area (Å²) in [5.41, 5.74) is 2.28. The summed E-state index contributed by atoms with van der Waals surface area (Å²) in [4.78, 5) is 18.1. The number of amides is 1. The normalized spacial score (nSPS) is 17.8. The third kappa shape index (κ3) is 3.64. The number of rotatable bonds is 5. The molecule has 1 aliphatic rings. The molecule has 0 spiro atoms. The molecule has 1 aromatic carbocycles. The number of aromatic amines is 1. The molecule has 2 aromatic rings. The van der Waals surface area contributed by atoms with Crippen LogP contribution in [0.1, 0.15) is 44.1 Å². The zero-order chi connectivity index (χ0) is 17.0. The second-order valence-corrected chi connectivity index (χ2v) is 7.35. The first-order valence-electron chi connectivity index (χ1n) is 9.10. The minimum Gasteiger partial charge on any atom is -0.361 e. The Labute approximate surface area is 144 Å². The van der Waals surface area contributed by atoms with Crippen molar-refractivity contribution in [2.24, 2.45) is 0 Å². The first kappa shape index (κ1) is 17.0. The monoisotopic (exact) mass is 327 g/mol. The minimum atomic E-state index is 0.116. The molecule has 1 amide bonds. The Morgan fingerprint density at radius 2 is 1.88 bits per heavy atom. The van der Waals surface area contributed by atoms with E-state index in [1.165, 1.54) is 38.5 Å². The zero-order valence-electron chi connectivity index (χ0n) is 14.9. The quantitative estimate of drug-likeness (QED) is 0.826. The largest absolute Gasteiger partial charge is 0.361 e. The highest BCUT2D eigenvalue weighted by Crippen LogP contribution is 2.30. The van der Waals surface area contributed by atoms with Gasteiger partial charge in [-0.25, -0.2) is 0 Å². The van der Waals surface area contributed by atoms with Gasteiger partial charge in [0.1, 0.15) is 0 Å². The Bertz CT molecular complexity index is 681. The highest BCUT2D eigenvalue weighted by molar-refractivity contribution is 5.88. The van der Waals surface area contributed by atoms with Crippen LogP contribution in [0.15, 0.2) is 30.5 Å². The summed E-state index contributed by atoms with van der Waals surface area (Å²) in [6.07, 6.45) is 9.90. The lowest BCUT2D eigenvalue weighted by Crippen LogP contribution is -2.52. The van der Waals surface area contributed by atoms with Crippen LogP contribution in [-0.4, -0.2) is 42.0 Å². The first-order chi connectivity index (χ1) is 11.6. The fourth-order valence-electron chi connectivity index (χ4n) is 3.95. The number of likely N-dealkylation sites (N-methyl/N-ethyl adjacent to an activating group) is 1. The number of nitrogens with one attached hydrogen (secondary N) is 2. The smallest absolute Gasteiger partial charge is 0.224 e. The van der Waals surface area contributed by atoms with Crippen LogP contribution >= 0.6 is 0 Å². The SMILES string of the molecule is CN(C)C1(CNC(=O)Cc2c[nH]c3ccccc23)CCCCCC1. The van der Waals surface area contributed by atoms with Gasteiger partial charge in [0.25, 0.3) is 0 Å². The molecule has 4 nitrogen and oxygen atoms in total. The molecule has 0 unspecified atom stereocenters. The van der Waals surface area contributed by atoms with Gasteiger partial charge in [0.05, 0.1) is 6.42 Å². The van der Waals surface area contributed by atoms with E-state index in [4.69, 9.17) is 0 Å². The van der Waals surface area contributed by atoms with Crippen molar-refractivity contribution in [1.82, 2.24) is 15.2 Å². The van der Waals surface area contributed by atoms with Crippen LogP contribution in [0.4, 0.5) is 0 Å². The number of carbonyl (C=O) groups excluding carboxylic acids is 1. The number of fused-ring (bicyclic) bond motifs is 1. The van der Waals surface area contributed by atoms with E-state index >= 15 is 0 Å². The maximum absolute atomic E-state index is 12.5. The fourth-order valence-corrected chi connectivity index (χ4v) is 3.95. The van der Waals surface area contributed by atoms with E-state index in [1.54, 1.807) is 0 Å². The average molecular weight is 327 g/mol. The van der Waals surface area contributed by atoms with E-state index in [-0.39, 0.29) is 11.4 Å². The average Bonchev–Trinajstić information content (AvgIpc) is 2.81. The summed E-state index contributed by atoms with van der Waals surface area (Å²) in [5.74, 6) is 0.116. The van der Waals surface area contributed by atoms with Crippen LogP contribution in [0.5, 0.6) is 0 Å². The first-order valence-corrected chi connectivity index (χ1v) is 9.10. The van der Waals surface area contributed by atoms with E-state index in [0.29, 0.717) is 6.42 Å². The number of benzene rings is 1. The lowest BCUT2D eigenvalue weighted by atomic mass is 9.88. The number of hydrogen-bond donors (Lipinski definition) is 2. The van der Waals surface area contributed by atoms with Crippen molar-refractivity contribution >= 4 is 16.8 Å². The van der Waals surface area contributed by atoms with E-state index in [0.717, 1.165) is 23.0 Å². The third-order valence-corrected chi connectivity index (χ3v) is 5.62. The van der Waals surface area contributed by atoms with Crippen LogP contribution < -0.4 is 5.32 Å². The second-order valence-electron chi connectivity index (χ2n) is 7.35. The van der Waals surface area contributed by atoms with Gasteiger partial charge in [0.2, 0.25) is 5.91 Å². The molecule has 1 fully saturated rings. The summed E-state index contributed by atoms with van der Waals surface area (Å²) in [6.45, 7) is 0.751. The second kappa shape index (κ2) is 7.39.